The highest BCUT2D eigenvalue weighted by molar-refractivity contribution is 9.10. The second kappa shape index (κ2) is 3.98. The van der Waals surface area contributed by atoms with Gasteiger partial charge in [0.05, 0.1) is 17.8 Å². The maximum absolute atomic E-state index is 9.17. The normalized spacial score (nSPS) is 15.7. The van der Waals surface area contributed by atoms with E-state index in [2.05, 4.69) is 20.9 Å². The summed E-state index contributed by atoms with van der Waals surface area (Å²) >= 11 is 3.27. The van der Waals surface area contributed by atoms with Gasteiger partial charge in [-0.2, -0.15) is 0 Å². The van der Waals surface area contributed by atoms with E-state index >= 15 is 0 Å². The zero-order chi connectivity index (χ0) is 9.14. The molecule has 0 aliphatic carbocycles. The summed E-state index contributed by atoms with van der Waals surface area (Å²) < 4.78 is 0.907. The summed E-state index contributed by atoms with van der Waals surface area (Å²) in [6.45, 7) is 1.65. The van der Waals surface area contributed by atoms with E-state index < -0.39 is 12.1 Å². The molecule has 0 saturated carbocycles. The Balaban J connectivity index is 2.82. The summed E-state index contributed by atoms with van der Waals surface area (Å²) in [5, 5.41) is 9.17. The molecular weight excluding hydrogens is 220 g/mol. The van der Waals surface area contributed by atoms with E-state index in [1.54, 1.807) is 19.2 Å². The van der Waals surface area contributed by atoms with Gasteiger partial charge in [0.15, 0.2) is 0 Å². The zero-order valence-corrected chi connectivity index (χ0v) is 8.32. The predicted molar refractivity (Wildman–Crippen MR) is 50.5 cm³/mol. The van der Waals surface area contributed by atoms with Crippen molar-refractivity contribution in [2.45, 2.75) is 19.1 Å². The van der Waals surface area contributed by atoms with Gasteiger partial charge in [-0.15, -0.1) is 0 Å². The molecule has 0 spiro atoms. The third-order valence-corrected chi connectivity index (χ3v) is 2.08. The Labute approximate surface area is 79.7 Å². The fourth-order valence-corrected chi connectivity index (χ4v) is 1.07. The standard InChI is InChI=1S/C8H11BrN2O/c1-5(12)8(10)7-3-2-6(9)4-11-7/h2-5,8,12H,10H2,1H3/t5-,8-/m1/s1. The Kier molecular flexibility index (Phi) is 3.20. The maximum atomic E-state index is 9.17. The van der Waals surface area contributed by atoms with Gasteiger partial charge in [0, 0.05) is 10.7 Å². The fraction of sp³-hybridized carbons (Fsp3) is 0.375. The molecule has 1 rings (SSSR count). The number of pyridine rings is 1. The summed E-state index contributed by atoms with van der Waals surface area (Å²) in [7, 11) is 0. The molecule has 12 heavy (non-hydrogen) atoms. The van der Waals surface area contributed by atoms with E-state index in [0.717, 1.165) is 4.47 Å². The number of nitrogens with zero attached hydrogens (tertiary/aromatic N) is 1. The lowest BCUT2D eigenvalue weighted by Crippen LogP contribution is -2.23. The molecule has 0 bridgehead atoms. The summed E-state index contributed by atoms with van der Waals surface area (Å²) in [5.41, 5.74) is 6.36. The molecule has 66 valence electrons. The van der Waals surface area contributed by atoms with Gasteiger partial charge >= 0.3 is 0 Å². The first-order valence-corrected chi connectivity index (χ1v) is 4.45. The summed E-state index contributed by atoms with van der Waals surface area (Å²) in [4.78, 5) is 4.07. The summed E-state index contributed by atoms with van der Waals surface area (Å²) in [6, 6.07) is 3.24. The van der Waals surface area contributed by atoms with Crippen molar-refractivity contribution < 1.29 is 5.11 Å². The van der Waals surface area contributed by atoms with E-state index in [0.29, 0.717) is 5.69 Å². The molecule has 2 atom stereocenters. The molecule has 1 aromatic rings. The molecular formula is C8H11BrN2O. The molecule has 0 aliphatic rings. The van der Waals surface area contributed by atoms with Crippen LogP contribution in [0, 0.1) is 0 Å². The molecule has 3 N–H and O–H groups in total. The van der Waals surface area contributed by atoms with Gasteiger partial charge in [-0.25, -0.2) is 0 Å². The highest BCUT2D eigenvalue weighted by Crippen LogP contribution is 2.14. The van der Waals surface area contributed by atoms with Crippen LogP contribution >= 0.6 is 15.9 Å². The molecule has 0 fully saturated rings. The van der Waals surface area contributed by atoms with Crippen molar-refractivity contribution in [3.63, 3.8) is 0 Å². The minimum Gasteiger partial charge on any atom is -0.391 e. The van der Waals surface area contributed by atoms with Crippen LogP contribution in [0.5, 0.6) is 0 Å². The lowest BCUT2D eigenvalue weighted by atomic mass is 10.1. The Bertz CT molecular complexity index is 248. The van der Waals surface area contributed by atoms with E-state index in [-0.39, 0.29) is 0 Å². The minimum absolute atomic E-state index is 0.405. The molecule has 0 amide bonds. The minimum atomic E-state index is -0.571. The summed E-state index contributed by atoms with van der Waals surface area (Å²) in [6.07, 6.45) is 1.09. The van der Waals surface area contributed by atoms with Crippen LogP contribution in [0.4, 0.5) is 0 Å². The number of hydrogen-bond acceptors (Lipinski definition) is 3. The number of nitrogens with two attached hydrogens (primary N) is 1. The van der Waals surface area contributed by atoms with Gasteiger partial charge in [0.2, 0.25) is 0 Å². The Hall–Kier alpha value is -0.450. The van der Waals surface area contributed by atoms with E-state index in [1.807, 2.05) is 6.07 Å². The molecule has 1 heterocycles. The highest BCUT2D eigenvalue weighted by Gasteiger charge is 2.12. The van der Waals surface area contributed by atoms with Crippen molar-refractivity contribution in [2.24, 2.45) is 5.73 Å². The van der Waals surface area contributed by atoms with E-state index in [4.69, 9.17) is 10.8 Å². The topological polar surface area (TPSA) is 59.1 Å². The Morgan fingerprint density at radius 1 is 1.58 bits per heavy atom. The average Bonchev–Trinajstić information content (AvgIpc) is 2.04. The Morgan fingerprint density at radius 3 is 2.67 bits per heavy atom. The van der Waals surface area contributed by atoms with Gasteiger partial charge < -0.3 is 10.8 Å². The summed E-state index contributed by atoms with van der Waals surface area (Å²) in [5.74, 6) is 0. The maximum Gasteiger partial charge on any atom is 0.0730 e. The van der Waals surface area contributed by atoms with Gasteiger partial charge in [-0.05, 0) is 35.0 Å². The van der Waals surface area contributed by atoms with Crippen LogP contribution in [0.15, 0.2) is 22.8 Å². The second-order valence-electron chi connectivity index (χ2n) is 2.67. The smallest absolute Gasteiger partial charge is 0.0730 e. The average molecular weight is 231 g/mol. The number of halogens is 1. The first kappa shape index (κ1) is 9.64. The number of hydrogen-bond donors (Lipinski definition) is 2. The van der Waals surface area contributed by atoms with Gasteiger partial charge in [-0.3, -0.25) is 4.98 Å². The monoisotopic (exact) mass is 230 g/mol. The van der Waals surface area contributed by atoms with Crippen LogP contribution in [0.25, 0.3) is 0 Å². The second-order valence-corrected chi connectivity index (χ2v) is 3.58. The molecule has 0 unspecified atom stereocenters. The number of aliphatic hydroxyl groups is 1. The number of aromatic nitrogens is 1. The van der Waals surface area contributed by atoms with E-state index in [1.165, 1.54) is 0 Å². The van der Waals surface area contributed by atoms with Crippen LogP contribution in [-0.4, -0.2) is 16.2 Å². The van der Waals surface area contributed by atoms with Crippen molar-refractivity contribution in [3.05, 3.63) is 28.5 Å². The van der Waals surface area contributed by atoms with Crippen molar-refractivity contribution >= 4 is 15.9 Å². The largest absolute Gasteiger partial charge is 0.391 e. The third kappa shape index (κ3) is 2.27. The van der Waals surface area contributed by atoms with Crippen LogP contribution < -0.4 is 5.73 Å². The van der Waals surface area contributed by atoms with Crippen molar-refractivity contribution in [3.8, 4) is 0 Å². The van der Waals surface area contributed by atoms with Gasteiger partial charge in [0.25, 0.3) is 0 Å². The quantitative estimate of drug-likeness (QED) is 0.804. The molecule has 0 saturated heterocycles. The van der Waals surface area contributed by atoms with Crippen molar-refractivity contribution in [2.75, 3.05) is 0 Å². The van der Waals surface area contributed by atoms with Gasteiger partial charge in [-0.1, -0.05) is 0 Å². The SMILES string of the molecule is C[C@@H](O)[C@@H](N)c1ccc(Br)cn1. The molecule has 0 radical (unpaired) electrons. The lowest BCUT2D eigenvalue weighted by molar-refractivity contribution is 0.162. The fourth-order valence-electron chi connectivity index (χ4n) is 0.832. The molecule has 0 aromatic carbocycles. The van der Waals surface area contributed by atoms with Crippen LogP contribution in [0.2, 0.25) is 0 Å². The molecule has 0 aliphatic heterocycles. The molecule has 1 aromatic heterocycles. The van der Waals surface area contributed by atoms with Crippen LogP contribution in [-0.2, 0) is 0 Å². The number of rotatable bonds is 2. The molecule has 4 heteroatoms. The third-order valence-electron chi connectivity index (χ3n) is 1.61. The highest BCUT2D eigenvalue weighted by atomic mass is 79.9. The molecule has 3 nitrogen and oxygen atoms in total. The Morgan fingerprint density at radius 2 is 2.25 bits per heavy atom. The predicted octanol–water partition coefficient (Wildman–Crippen LogP) is 1.22. The van der Waals surface area contributed by atoms with Gasteiger partial charge in [0.1, 0.15) is 0 Å². The van der Waals surface area contributed by atoms with Crippen LogP contribution in [0.3, 0.4) is 0 Å². The van der Waals surface area contributed by atoms with Crippen molar-refractivity contribution in [1.82, 2.24) is 4.98 Å². The lowest BCUT2D eigenvalue weighted by Gasteiger charge is -2.13. The first-order chi connectivity index (χ1) is 5.61. The van der Waals surface area contributed by atoms with Crippen LogP contribution in [0.1, 0.15) is 18.7 Å². The van der Waals surface area contributed by atoms with E-state index in [9.17, 15) is 0 Å². The van der Waals surface area contributed by atoms with Crippen molar-refractivity contribution in [1.29, 1.82) is 0 Å². The first-order valence-electron chi connectivity index (χ1n) is 3.66. The number of aliphatic hydroxyl groups excluding tert-OH is 1. The zero-order valence-electron chi connectivity index (χ0n) is 6.74.